The number of hydrogen-bond donors (Lipinski definition) is 0. The highest BCUT2D eigenvalue weighted by Crippen LogP contribution is 2.20. The van der Waals surface area contributed by atoms with Gasteiger partial charge in [-0.25, -0.2) is 0 Å². The van der Waals surface area contributed by atoms with E-state index in [1.807, 2.05) is 19.1 Å². The molecule has 0 fully saturated rings. The Bertz CT molecular complexity index is 251. The average molecular weight is 201 g/mol. The van der Waals surface area contributed by atoms with Crippen molar-refractivity contribution in [1.82, 2.24) is 0 Å². The molecule has 0 unspecified atom stereocenters. The van der Waals surface area contributed by atoms with Gasteiger partial charge in [-0.2, -0.15) is 0 Å². The molecule has 0 nitrogen and oxygen atoms in total. The van der Waals surface area contributed by atoms with Gasteiger partial charge in [-0.15, -0.1) is 17.3 Å². The summed E-state index contributed by atoms with van der Waals surface area (Å²) in [4.78, 5) is 1.12. The van der Waals surface area contributed by atoms with E-state index >= 15 is 0 Å². The third-order valence-electron chi connectivity index (χ3n) is 0.821. The summed E-state index contributed by atoms with van der Waals surface area (Å²) in [6, 6.07) is 4.01. The van der Waals surface area contributed by atoms with E-state index in [2.05, 4.69) is 27.8 Å². The molecule has 0 aliphatic rings. The Morgan fingerprint density at radius 2 is 2.33 bits per heavy atom. The van der Waals surface area contributed by atoms with Crippen LogP contribution in [0, 0.1) is 11.8 Å². The molecule has 46 valence electrons. The van der Waals surface area contributed by atoms with Crippen LogP contribution >= 0.6 is 27.3 Å². The minimum Gasteiger partial charge on any atom is -0.120 e. The first-order valence-electron chi connectivity index (χ1n) is 2.51. The van der Waals surface area contributed by atoms with Crippen LogP contribution in [0.1, 0.15) is 11.8 Å². The van der Waals surface area contributed by atoms with Crippen LogP contribution in [-0.4, -0.2) is 0 Å². The summed E-state index contributed by atoms with van der Waals surface area (Å²) in [6.07, 6.45) is 0. The van der Waals surface area contributed by atoms with Crippen molar-refractivity contribution in [3.63, 3.8) is 0 Å². The molecule has 1 aromatic heterocycles. The number of rotatable bonds is 0. The minimum atomic E-state index is 1.12. The topological polar surface area (TPSA) is 0 Å². The van der Waals surface area contributed by atoms with E-state index in [-0.39, 0.29) is 0 Å². The van der Waals surface area contributed by atoms with Crippen molar-refractivity contribution in [2.75, 3.05) is 0 Å². The molecule has 0 N–H and O–H groups in total. The minimum absolute atomic E-state index is 1.12. The summed E-state index contributed by atoms with van der Waals surface area (Å²) in [6.45, 7) is 1.84. The zero-order chi connectivity index (χ0) is 6.69. The molecule has 0 radical (unpaired) electrons. The third kappa shape index (κ3) is 1.85. The number of hydrogen-bond acceptors (Lipinski definition) is 1. The largest absolute Gasteiger partial charge is 0.120 e. The van der Waals surface area contributed by atoms with Crippen molar-refractivity contribution < 1.29 is 0 Å². The molecule has 0 bridgehead atoms. The molecule has 1 heterocycles. The summed E-state index contributed by atoms with van der Waals surface area (Å²) in [5.41, 5.74) is 0. The zero-order valence-electron chi connectivity index (χ0n) is 4.94. The lowest BCUT2D eigenvalue weighted by Crippen LogP contribution is -1.54. The summed E-state index contributed by atoms with van der Waals surface area (Å²) < 4.78 is 1.14. The van der Waals surface area contributed by atoms with E-state index in [0.717, 1.165) is 8.66 Å². The van der Waals surface area contributed by atoms with Crippen molar-refractivity contribution in [2.45, 2.75) is 6.92 Å². The zero-order valence-corrected chi connectivity index (χ0v) is 7.34. The van der Waals surface area contributed by atoms with Gasteiger partial charge in [-0.3, -0.25) is 0 Å². The third-order valence-corrected chi connectivity index (χ3v) is 2.36. The highest BCUT2D eigenvalue weighted by Gasteiger charge is 1.89. The fourth-order valence-electron chi connectivity index (χ4n) is 0.505. The van der Waals surface area contributed by atoms with E-state index in [9.17, 15) is 0 Å². The van der Waals surface area contributed by atoms with Gasteiger partial charge in [0, 0.05) is 0 Å². The van der Waals surface area contributed by atoms with E-state index in [4.69, 9.17) is 0 Å². The molecule has 2 heteroatoms. The van der Waals surface area contributed by atoms with Crippen LogP contribution in [0.4, 0.5) is 0 Å². The molecular weight excluding hydrogens is 196 g/mol. The second kappa shape index (κ2) is 3.05. The van der Waals surface area contributed by atoms with Crippen molar-refractivity contribution in [1.29, 1.82) is 0 Å². The summed E-state index contributed by atoms with van der Waals surface area (Å²) in [7, 11) is 0. The molecule has 0 aliphatic heterocycles. The molecule has 0 spiro atoms. The van der Waals surface area contributed by atoms with Crippen molar-refractivity contribution in [3.8, 4) is 11.8 Å². The van der Waals surface area contributed by atoms with Gasteiger partial charge in [0.1, 0.15) is 0 Å². The number of thiophene rings is 1. The van der Waals surface area contributed by atoms with Crippen molar-refractivity contribution in [3.05, 3.63) is 20.8 Å². The lowest BCUT2D eigenvalue weighted by atomic mass is 10.5. The Morgan fingerprint density at radius 1 is 1.56 bits per heavy atom. The standard InChI is InChI=1S/C7H5BrS/c1-2-3-6-4-5-7(8)9-6/h4-5H,1H3. The van der Waals surface area contributed by atoms with E-state index in [1.165, 1.54) is 0 Å². The SMILES string of the molecule is CC#Cc1ccc(Br)s1. The van der Waals surface area contributed by atoms with Gasteiger partial charge in [0.15, 0.2) is 0 Å². The molecule has 0 saturated carbocycles. The van der Waals surface area contributed by atoms with E-state index in [0.29, 0.717) is 0 Å². The second-order valence-electron chi connectivity index (χ2n) is 1.48. The summed E-state index contributed by atoms with van der Waals surface area (Å²) in [5.74, 6) is 5.80. The monoisotopic (exact) mass is 200 g/mol. The summed E-state index contributed by atoms with van der Waals surface area (Å²) in [5, 5.41) is 0. The lowest BCUT2D eigenvalue weighted by Gasteiger charge is -1.71. The Labute approximate surface area is 67.0 Å². The highest BCUT2D eigenvalue weighted by atomic mass is 79.9. The van der Waals surface area contributed by atoms with Crippen LogP contribution in [0.3, 0.4) is 0 Å². The molecule has 1 rings (SSSR count). The first-order valence-corrected chi connectivity index (χ1v) is 4.12. The van der Waals surface area contributed by atoms with Crippen molar-refractivity contribution >= 4 is 27.3 Å². The predicted octanol–water partition coefficient (Wildman–Crippen LogP) is 2.88. The van der Waals surface area contributed by atoms with Crippen LogP contribution in [-0.2, 0) is 0 Å². The smallest absolute Gasteiger partial charge is 0.0780 e. The van der Waals surface area contributed by atoms with E-state index < -0.39 is 0 Å². The molecule has 0 aliphatic carbocycles. The van der Waals surface area contributed by atoms with Crippen LogP contribution in [0.2, 0.25) is 0 Å². The number of halogens is 1. The predicted molar refractivity (Wildman–Crippen MR) is 44.6 cm³/mol. The molecule has 0 amide bonds. The van der Waals surface area contributed by atoms with Crippen LogP contribution in [0.5, 0.6) is 0 Å². The van der Waals surface area contributed by atoms with Crippen molar-refractivity contribution in [2.24, 2.45) is 0 Å². The fourth-order valence-corrected chi connectivity index (χ4v) is 1.80. The van der Waals surface area contributed by atoms with Gasteiger partial charge >= 0.3 is 0 Å². The quantitative estimate of drug-likeness (QED) is 0.566. The van der Waals surface area contributed by atoms with Gasteiger partial charge in [0.25, 0.3) is 0 Å². The fraction of sp³-hybridized carbons (Fsp3) is 0.143. The summed E-state index contributed by atoms with van der Waals surface area (Å²) >= 11 is 5.01. The molecule has 9 heavy (non-hydrogen) atoms. The maximum atomic E-state index is 3.35. The Hall–Kier alpha value is -0.260. The molecule has 1 aromatic rings. The Morgan fingerprint density at radius 3 is 2.78 bits per heavy atom. The van der Waals surface area contributed by atoms with Gasteiger partial charge in [-0.1, -0.05) is 5.92 Å². The maximum absolute atomic E-state index is 3.35. The Balaban J connectivity index is 2.93. The molecule has 0 saturated heterocycles. The van der Waals surface area contributed by atoms with E-state index in [1.54, 1.807) is 11.3 Å². The maximum Gasteiger partial charge on any atom is 0.0780 e. The van der Waals surface area contributed by atoms with Gasteiger partial charge in [0.2, 0.25) is 0 Å². The van der Waals surface area contributed by atoms with Gasteiger partial charge < -0.3 is 0 Å². The van der Waals surface area contributed by atoms with Gasteiger partial charge in [-0.05, 0) is 35.0 Å². The average Bonchev–Trinajstić information content (AvgIpc) is 2.17. The molecular formula is C7H5BrS. The highest BCUT2D eigenvalue weighted by molar-refractivity contribution is 9.11. The lowest BCUT2D eigenvalue weighted by molar-refractivity contribution is 1.86. The Kier molecular flexibility index (Phi) is 2.32. The first kappa shape index (κ1) is 6.85. The molecule has 0 atom stereocenters. The first-order chi connectivity index (χ1) is 4.33. The van der Waals surface area contributed by atoms with Crippen LogP contribution in [0.25, 0.3) is 0 Å². The van der Waals surface area contributed by atoms with Gasteiger partial charge in [0.05, 0.1) is 8.66 Å². The van der Waals surface area contributed by atoms with Crippen LogP contribution in [0.15, 0.2) is 15.9 Å². The second-order valence-corrected chi connectivity index (χ2v) is 3.94. The normalized spacial score (nSPS) is 8.22. The molecule has 0 aromatic carbocycles. The van der Waals surface area contributed by atoms with Crippen LogP contribution < -0.4 is 0 Å².